The van der Waals surface area contributed by atoms with Crippen LogP contribution in [0.1, 0.15) is 37.3 Å². The van der Waals surface area contributed by atoms with E-state index in [0.29, 0.717) is 30.0 Å². The Bertz CT molecular complexity index is 832. The van der Waals surface area contributed by atoms with Crippen LogP contribution in [0.15, 0.2) is 29.5 Å². The standard InChI is InChI=1S/C21H25NO6/c1-26-10-9-22-18(12-7-8-14(23)16(11-12)27-2)17-19(24)13-5-3-4-6-15(13)28-20(17)21(22)25/h7-8,11,13,15,18,23H,3-6,9-10H2,1-2H3. The first-order valence-electron chi connectivity index (χ1n) is 9.68. The lowest BCUT2D eigenvalue weighted by Crippen LogP contribution is -2.39. The van der Waals surface area contributed by atoms with Gasteiger partial charge in [0.1, 0.15) is 6.10 Å². The molecule has 7 heteroatoms. The van der Waals surface area contributed by atoms with Crippen LogP contribution in [0, 0.1) is 5.92 Å². The maximum atomic E-state index is 13.4. The van der Waals surface area contributed by atoms with E-state index in [1.165, 1.54) is 13.2 Å². The van der Waals surface area contributed by atoms with E-state index in [-0.39, 0.29) is 35.2 Å². The van der Waals surface area contributed by atoms with Gasteiger partial charge < -0.3 is 24.2 Å². The van der Waals surface area contributed by atoms with Crippen molar-refractivity contribution in [3.05, 3.63) is 35.1 Å². The first kappa shape index (κ1) is 18.8. The minimum Gasteiger partial charge on any atom is -0.504 e. The lowest BCUT2D eigenvalue weighted by Gasteiger charge is -2.35. The van der Waals surface area contributed by atoms with Crippen LogP contribution in [0.2, 0.25) is 0 Å². The Labute approximate surface area is 163 Å². The highest BCUT2D eigenvalue weighted by atomic mass is 16.5. The summed E-state index contributed by atoms with van der Waals surface area (Å²) in [6.07, 6.45) is 3.39. The molecule has 3 atom stereocenters. The number of fused-ring (bicyclic) bond motifs is 1. The van der Waals surface area contributed by atoms with Crippen molar-refractivity contribution in [3.8, 4) is 11.5 Å². The lowest BCUT2D eigenvalue weighted by molar-refractivity contribution is -0.135. The van der Waals surface area contributed by atoms with E-state index in [1.807, 2.05) is 0 Å². The molecule has 3 aliphatic rings. The van der Waals surface area contributed by atoms with Crippen LogP contribution in [-0.4, -0.2) is 55.2 Å². The number of phenols is 1. The maximum Gasteiger partial charge on any atom is 0.290 e. The van der Waals surface area contributed by atoms with Crippen LogP contribution < -0.4 is 4.74 Å². The number of amides is 1. The number of ketones is 1. The van der Waals surface area contributed by atoms with E-state index in [9.17, 15) is 14.7 Å². The van der Waals surface area contributed by atoms with Gasteiger partial charge in [-0.25, -0.2) is 0 Å². The highest BCUT2D eigenvalue weighted by Gasteiger charge is 2.51. The van der Waals surface area contributed by atoms with E-state index >= 15 is 0 Å². The largest absolute Gasteiger partial charge is 0.504 e. The van der Waals surface area contributed by atoms with Crippen molar-refractivity contribution in [1.82, 2.24) is 4.90 Å². The highest BCUT2D eigenvalue weighted by Crippen LogP contribution is 2.47. The number of carbonyl (C=O) groups is 2. The number of phenolic OH excluding ortho intramolecular Hbond substituents is 1. The normalized spacial score (nSPS) is 26.8. The topological polar surface area (TPSA) is 85.3 Å². The van der Waals surface area contributed by atoms with Crippen molar-refractivity contribution >= 4 is 11.7 Å². The molecule has 1 saturated carbocycles. The van der Waals surface area contributed by atoms with Gasteiger partial charge in [-0.1, -0.05) is 12.5 Å². The molecular formula is C21H25NO6. The molecule has 0 aromatic heterocycles. The predicted molar refractivity (Wildman–Crippen MR) is 99.9 cm³/mol. The third-order valence-corrected chi connectivity index (χ3v) is 5.91. The first-order chi connectivity index (χ1) is 13.6. The monoisotopic (exact) mass is 387 g/mol. The van der Waals surface area contributed by atoms with Gasteiger partial charge in [0.25, 0.3) is 5.91 Å². The molecule has 2 aliphatic heterocycles. The van der Waals surface area contributed by atoms with E-state index < -0.39 is 6.04 Å². The van der Waals surface area contributed by atoms with Crippen LogP contribution in [0.4, 0.5) is 0 Å². The van der Waals surface area contributed by atoms with Crippen LogP contribution in [0.3, 0.4) is 0 Å². The number of ether oxygens (including phenoxy) is 3. The molecule has 28 heavy (non-hydrogen) atoms. The molecule has 1 fully saturated rings. The molecule has 0 saturated heterocycles. The fourth-order valence-corrected chi connectivity index (χ4v) is 4.52. The van der Waals surface area contributed by atoms with E-state index in [1.54, 1.807) is 24.1 Å². The summed E-state index contributed by atoms with van der Waals surface area (Å²) < 4.78 is 16.5. The average Bonchev–Trinajstić information content (AvgIpc) is 2.99. The Morgan fingerprint density at radius 3 is 2.75 bits per heavy atom. The van der Waals surface area contributed by atoms with Gasteiger partial charge in [-0.3, -0.25) is 9.59 Å². The molecule has 1 amide bonds. The molecule has 1 N–H and O–H groups in total. The molecule has 2 heterocycles. The van der Waals surface area contributed by atoms with Gasteiger partial charge in [0.15, 0.2) is 23.0 Å². The number of Topliss-reactive ketones (excluding diaryl/α,β-unsaturated/α-hetero) is 1. The molecule has 150 valence electrons. The zero-order valence-corrected chi connectivity index (χ0v) is 16.1. The predicted octanol–water partition coefficient (Wildman–Crippen LogP) is 2.34. The van der Waals surface area contributed by atoms with Gasteiger partial charge in [0.2, 0.25) is 0 Å². The van der Waals surface area contributed by atoms with Crippen molar-refractivity contribution in [2.24, 2.45) is 5.92 Å². The second-order valence-corrected chi connectivity index (χ2v) is 7.48. The Kier molecular flexibility index (Phi) is 5.02. The van der Waals surface area contributed by atoms with Gasteiger partial charge in [0, 0.05) is 13.7 Å². The van der Waals surface area contributed by atoms with E-state index in [0.717, 1.165) is 25.7 Å². The van der Waals surface area contributed by atoms with Gasteiger partial charge in [-0.2, -0.15) is 0 Å². The molecule has 0 radical (unpaired) electrons. The summed E-state index contributed by atoms with van der Waals surface area (Å²) in [7, 11) is 3.04. The SMILES string of the molecule is COCCN1C(=O)C2=C(C(=O)C3CCCCC3O2)C1c1ccc(O)c(OC)c1. The number of aromatic hydroxyl groups is 1. The zero-order chi connectivity index (χ0) is 19.8. The number of carbonyl (C=O) groups excluding carboxylic acids is 2. The van der Waals surface area contributed by atoms with Crippen LogP contribution >= 0.6 is 0 Å². The number of methoxy groups -OCH3 is 2. The van der Waals surface area contributed by atoms with Crippen LogP contribution in [-0.2, 0) is 19.1 Å². The van der Waals surface area contributed by atoms with Crippen molar-refractivity contribution in [1.29, 1.82) is 0 Å². The number of benzene rings is 1. The van der Waals surface area contributed by atoms with Crippen molar-refractivity contribution in [3.63, 3.8) is 0 Å². The Hall–Kier alpha value is -2.54. The minimum atomic E-state index is -0.567. The fourth-order valence-electron chi connectivity index (χ4n) is 4.52. The molecule has 0 bridgehead atoms. The second kappa shape index (κ2) is 7.47. The van der Waals surface area contributed by atoms with E-state index in [4.69, 9.17) is 14.2 Å². The van der Waals surface area contributed by atoms with Crippen LogP contribution in [0.25, 0.3) is 0 Å². The van der Waals surface area contributed by atoms with E-state index in [2.05, 4.69) is 0 Å². The minimum absolute atomic E-state index is 0.00628. The maximum absolute atomic E-state index is 13.4. The number of hydrogen-bond acceptors (Lipinski definition) is 6. The number of nitrogens with zero attached hydrogens (tertiary/aromatic N) is 1. The highest BCUT2D eigenvalue weighted by molar-refractivity contribution is 6.11. The van der Waals surface area contributed by atoms with Crippen molar-refractivity contribution < 1.29 is 28.9 Å². The molecule has 7 nitrogen and oxygen atoms in total. The fraction of sp³-hybridized carbons (Fsp3) is 0.524. The van der Waals surface area contributed by atoms with Gasteiger partial charge in [-0.15, -0.1) is 0 Å². The van der Waals surface area contributed by atoms with Gasteiger partial charge in [-0.05, 0) is 37.0 Å². The molecule has 1 aromatic rings. The Balaban J connectivity index is 1.79. The second-order valence-electron chi connectivity index (χ2n) is 7.48. The Morgan fingerprint density at radius 1 is 1.21 bits per heavy atom. The smallest absolute Gasteiger partial charge is 0.290 e. The summed E-state index contributed by atoms with van der Waals surface area (Å²) in [5, 5.41) is 9.95. The summed E-state index contributed by atoms with van der Waals surface area (Å²) in [6, 6.07) is 4.33. The average molecular weight is 387 g/mol. The summed E-state index contributed by atoms with van der Waals surface area (Å²) in [6.45, 7) is 0.682. The number of rotatable bonds is 5. The first-order valence-corrected chi connectivity index (χ1v) is 9.68. The zero-order valence-electron chi connectivity index (χ0n) is 16.1. The quantitative estimate of drug-likeness (QED) is 0.835. The third kappa shape index (κ3) is 2.94. The van der Waals surface area contributed by atoms with Crippen LogP contribution in [0.5, 0.6) is 11.5 Å². The molecule has 1 aromatic carbocycles. The molecule has 3 unspecified atom stereocenters. The van der Waals surface area contributed by atoms with Gasteiger partial charge >= 0.3 is 0 Å². The molecule has 0 spiro atoms. The summed E-state index contributed by atoms with van der Waals surface area (Å²) in [4.78, 5) is 28.1. The van der Waals surface area contributed by atoms with Gasteiger partial charge in [0.05, 0.1) is 31.2 Å². The van der Waals surface area contributed by atoms with Crippen molar-refractivity contribution in [2.75, 3.05) is 27.4 Å². The number of hydrogen-bond donors (Lipinski definition) is 1. The molecule has 1 aliphatic carbocycles. The van der Waals surface area contributed by atoms with Crippen molar-refractivity contribution in [2.45, 2.75) is 37.8 Å². The Morgan fingerprint density at radius 2 is 2.00 bits per heavy atom. The summed E-state index contributed by atoms with van der Waals surface area (Å²) in [5.74, 6) is 0.0281. The third-order valence-electron chi connectivity index (χ3n) is 5.91. The lowest BCUT2D eigenvalue weighted by atomic mass is 9.77. The molecule has 4 rings (SSSR count). The molecular weight excluding hydrogens is 362 g/mol. The summed E-state index contributed by atoms with van der Waals surface area (Å²) >= 11 is 0. The summed E-state index contributed by atoms with van der Waals surface area (Å²) in [5.41, 5.74) is 1.13.